The maximum absolute atomic E-state index is 17.4. The number of aliphatic hydroxyl groups is 1. The zero-order valence-corrected chi connectivity index (χ0v) is 46.9. The van der Waals surface area contributed by atoms with Crippen LogP contribution in [0.1, 0.15) is 115 Å². The average molecular weight is 1110 g/mol. The number of aromatic hydroxyl groups is 1. The van der Waals surface area contributed by atoms with E-state index in [1.54, 1.807) is 22.4 Å². The van der Waals surface area contributed by atoms with Crippen molar-refractivity contribution >= 4 is 56.6 Å². The molecule has 0 radical (unpaired) electrons. The Morgan fingerprint density at radius 1 is 1.02 bits per heavy atom. The number of hydrogen-bond donors (Lipinski definition) is 4. The third kappa shape index (κ3) is 10.8. The maximum Gasteiger partial charge on any atom is 0.319 e. The second kappa shape index (κ2) is 22.6. The number of terminal acetylenes is 1. The van der Waals surface area contributed by atoms with E-state index in [4.69, 9.17) is 21.1 Å². The number of β-amino-alcohol motifs (C(OH)–C–C–N with tert-alkyl or cyclic N) is 1. The molecule has 2 unspecified atom stereocenters. The zero-order valence-electron chi connectivity index (χ0n) is 46.1. The first kappa shape index (κ1) is 55.1. The normalized spacial score (nSPS) is 23.2. The van der Waals surface area contributed by atoms with Crippen LogP contribution in [0.5, 0.6) is 11.8 Å². The number of halogens is 2. The van der Waals surface area contributed by atoms with Gasteiger partial charge in [-0.3, -0.25) is 24.3 Å². The molecule has 6 saturated heterocycles. The standard InChI is InChI=1S/C61H70F2N10O6S/c1-7-45-48(62)21-19-38-25-43(74)26-46(51(38)45)53-52(63)54-47(29-65-53)57(71-30-39-11-8-12-41(71)28-64-39)69-60(68-54)79-32-42-14-10-24-70(42)23-9-13-40-20-22-50(76)73(40)56(61(4,5)6)59(78)72-31-44(75)27-49(72)58(77)67-34(2)36-15-17-37(18-16-36)55-35(3)66-33-80-55/h1,15-19,21,25-26,29,33-34,39-42,44,49,56,64,74-75H,8-14,20,22-24,27-28,30-32H2,2-6H3,(H,67,77)/t34-,39?,40-,41?,42-,44+,49-,56+/m0/s1. The Kier molecular flexibility index (Phi) is 15.6. The van der Waals surface area contributed by atoms with Gasteiger partial charge in [-0.2, -0.15) is 9.97 Å². The summed E-state index contributed by atoms with van der Waals surface area (Å²) in [6, 6.07) is 11.5. The Labute approximate surface area is 469 Å². The number of carbonyl (C=O) groups excluding carboxylic acids is 3. The quantitative estimate of drug-likeness (QED) is 0.0718. The highest BCUT2D eigenvalue weighted by Gasteiger charge is 2.50. The Morgan fingerprint density at radius 3 is 2.60 bits per heavy atom. The molecule has 4 N–H and O–H groups in total. The third-order valence-electron chi connectivity index (χ3n) is 17.2. The van der Waals surface area contributed by atoms with Crippen molar-refractivity contribution in [1.29, 1.82) is 0 Å². The molecule has 6 aliphatic rings. The van der Waals surface area contributed by atoms with Gasteiger partial charge in [0.05, 0.1) is 39.2 Å². The molecule has 8 atom stereocenters. The predicted octanol–water partition coefficient (Wildman–Crippen LogP) is 8.44. The van der Waals surface area contributed by atoms with Crippen LogP contribution < -0.4 is 20.3 Å². The SMILES string of the molecule is C#Cc1c(F)ccc2cc(O)cc(-c3ncc4c(N5CC6CCCC5CN6)nc(OC[C@@H]5CCCN5CCC[C@H]5CCC(=O)N5[C@H](C(=O)N5C[C@H](O)C[C@H]5C(=O)N[C@@H](C)c5ccc(-c6scnc6C)cc5)C(C)(C)C)nc4c3F)c12. The van der Waals surface area contributed by atoms with E-state index < -0.39 is 35.2 Å². The van der Waals surface area contributed by atoms with Gasteiger partial charge in [-0.05, 0) is 118 Å². The molecule has 3 amide bonds. The number of nitrogens with one attached hydrogen (secondary N) is 2. The number of aromatic nitrogens is 4. The number of likely N-dealkylation sites (tertiary alicyclic amines) is 3. The van der Waals surface area contributed by atoms with Crippen molar-refractivity contribution in [3.8, 4) is 45.8 Å². The molecule has 80 heavy (non-hydrogen) atoms. The van der Waals surface area contributed by atoms with Crippen LogP contribution in [0.4, 0.5) is 14.6 Å². The van der Waals surface area contributed by atoms with Gasteiger partial charge in [0.15, 0.2) is 5.82 Å². The molecule has 16 nitrogen and oxygen atoms in total. The van der Waals surface area contributed by atoms with Crippen LogP contribution in [0.2, 0.25) is 0 Å². The van der Waals surface area contributed by atoms with Crippen LogP contribution >= 0.6 is 11.3 Å². The molecule has 9 heterocycles. The number of carbonyl (C=O) groups is 3. The second-order valence-corrected chi connectivity index (χ2v) is 24.4. The number of thiazole rings is 1. The highest BCUT2D eigenvalue weighted by molar-refractivity contribution is 7.13. The number of fused-ring (bicyclic) bond motifs is 6. The number of nitrogens with zero attached hydrogens (tertiary/aromatic N) is 8. The fourth-order valence-electron chi connectivity index (χ4n) is 13.2. The summed E-state index contributed by atoms with van der Waals surface area (Å²) < 4.78 is 39.0. The van der Waals surface area contributed by atoms with Crippen LogP contribution in [0, 0.1) is 36.3 Å². The van der Waals surface area contributed by atoms with Gasteiger partial charge in [0.1, 0.15) is 47.3 Å². The van der Waals surface area contributed by atoms with Crippen LogP contribution in [0.3, 0.4) is 0 Å². The second-order valence-electron chi connectivity index (χ2n) is 23.6. The van der Waals surface area contributed by atoms with E-state index in [0.717, 1.165) is 73.3 Å². The lowest BCUT2D eigenvalue weighted by Crippen LogP contribution is -2.59. The van der Waals surface area contributed by atoms with Gasteiger partial charge in [-0.1, -0.05) is 57.0 Å². The Hall–Kier alpha value is -6.85. The van der Waals surface area contributed by atoms with Crippen LogP contribution in [-0.4, -0.2) is 144 Å². The lowest BCUT2D eigenvalue weighted by molar-refractivity contribution is -0.152. The minimum absolute atomic E-state index is 0.00486. The van der Waals surface area contributed by atoms with Crippen molar-refractivity contribution in [2.24, 2.45) is 5.41 Å². The zero-order chi connectivity index (χ0) is 56.1. The number of ether oxygens (including phenoxy) is 1. The summed E-state index contributed by atoms with van der Waals surface area (Å²) in [6.07, 6.45) is 13.6. The molecule has 0 aliphatic carbocycles. The Balaban J connectivity index is 0.783. The molecule has 3 aromatic heterocycles. The first-order valence-electron chi connectivity index (χ1n) is 28.2. The number of phenolic OH excluding ortho intramolecular Hbond substituents is 1. The van der Waals surface area contributed by atoms with Crippen LogP contribution in [0.25, 0.3) is 43.4 Å². The van der Waals surface area contributed by atoms with Gasteiger partial charge >= 0.3 is 6.01 Å². The van der Waals surface area contributed by atoms with E-state index in [9.17, 15) is 24.6 Å². The van der Waals surface area contributed by atoms with Crippen molar-refractivity contribution in [3.63, 3.8) is 0 Å². The first-order chi connectivity index (χ1) is 38.4. The molecule has 2 bridgehead atoms. The van der Waals surface area contributed by atoms with Crippen LogP contribution in [0.15, 0.2) is 60.2 Å². The van der Waals surface area contributed by atoms with Gasteiger partial charge < -0.3 is 40.3 Å². The molecule has 19 heteroatoms. The number of amides is 3. The summed E-state index contributed by atoms with van der Waals surface area (Å²) in [6.45, 7) is 12.9. The average Bonchev–Trinajstić information content (AvgIpc) is 4.25. The number of anilines is 1. The molecule has 12 rings (SSSR count). The van der Waals surface area contributed by atoms with E-state index in [0.29, 0.717) is 48.9 Å². The van der Waals surface area contributed by atoms with Gasteiger partial charge in [0.25, 0.3) is 0 Å². The molecule has 420 valence electrons. The number of aryl methyl sites for hydroxylation is 1. The van der Waals surface area contributed by atoms with Crippen molar-refractivity contribution < 1.29 is 38.1 Å². The number of aliphatic hydroxyl groups excluding tert-OH is 1. The highest BCUT2D eigenvalue weighted by Crippen LogP contribution is 2.41. The van der Waals surface area contributed by atoms with E-state index in [1.807, 2.05) is 64.4 Å². The molecular weight excluding hydrogens is 1040 g/mol. The summed E-state index contributed by atoms with van der Waals surface area (Å²) in [5.74, 6) is 0.558. The molecule has 0 saturated carbocycles. The lowest BCUT2D eigenvalue weighted by Gasteiger charge is -2.43. The smallest absolute Gasteiger partial charge is 0.319 e. The number of hydrogen-bond acceptors (Lipinski definition) is 14. The molecular formula is C61H70F2N10O6S. The number of pyridine rings is 1. The third-order valence-corrected chi connectivity index (χ3v) is 18.2. The fourth-order valence-corrected chi connectivity index (χ4v) is 14.0. The molecule has 3 aromatic carbocycles. The Morgan fingerprint density at radius 2 is 1.84 bits per heavy atom. The van der Waals surface area contributed by atoms with Crippen molar-refractivity contribution in [2.75, 3.05) is 44.2 Å². The van der Waals surface area contributed by atoms with Gasteiger partial charge in [0.2, 0.25) is 17.7 Å². The number of rotatable bonds is 15. The summed E-state index contributed by atoms with van der Waals surface area (Å²) in [5.41, 5.74) is 3.94. The number of benzene rings is 3. The molecule has 6 aromatic rings. The van der Waals surface area contributed by atoms with Gasteiger partial charge in [-0.15, -0.1) is 17.8 Å². The summed E-state index contributed by atoms with van der Waals surface area (Å²) in [5, 5.41) is 29.6. The van der Waals surface area contributed by atoms with Crippen molar-refractivity contribution in [1.82, 2.24) is 45.3 Å². The summed E-state index contributed by atoms with van der Waals surface area (Å²) >= 11 is 1.58. The van der Waals surface area contributed by atoms with Gasteiger partial charge in [-0.25, -0.2) is 13.8 Å². The van der Waals surface area contributed by atoms with E-state index in [1.165, 1.54) is 29.2 Å². The van der Waals surface area contributed by atoms with Crippen LogP contribution in [-0.2, 0) is 14.4 Å². The van der Waals surface area contributed by atoms with E-state index in [-0.39, 0.29) is 107 Å². The fraction of sp³-hybridized carbons (Fsp3) is 0.492. The summed E-state index contributed by atoms with van der Waals surface area (Å²) in [7, 11) is 0. The molecule has 6 aliphatic heterocycles. The topological polar surface area (TPSA) is 189 Å². The van der Waals surface area contributed by atoms with E-state index >= 15 is 8.78 Å². The van der Waals surface area contributed by atoms with Gasteiger partial charge in [0, 0.05) is 73.8 Å². The largest absolute Gasteiger partial charge is 0.508 e. The maximum atomic E-state index is 17.4. The lowest BCUT2D eigenvalue weighted by atomic mass is 9.83. The van der Waals surface area contributed by atoms with Crippen molar-refractivity contribution in [2.45, 2.75) is 147 Å². The molecule has 0 spiro atoms. The van der Waals surface area contributed by atoms with Crippen molar-refractivity contribution in [3.05, 3.63) is 88.7 Å². The Bertz CT molecular complexity index is 3380. The first-order valence-corrected chi connectivity index (χ1v) is 29.1. The minimum Gasteiger partial charge on any atom is -0.508 e. The minimum atomic E-state index is -0.906. The monoisotopic (exact) mass is 1110 g/mol. The summed E-state index contributed by atoms with van der Waals surface area (Å²) in [4.78, 5) is 70.7. The number of phenols is 1. The highest BCUT2D eigenvalue weighted by atomic mass is 32.1. The molecule has 6 fully saturated rings. The van der Waals surface area contributed by atoms with E-state index in [2.05, 4.69) is 36.3 Å². The number of piperazine rings is 1. The predicted molar refractivity (Wildman–Crippen MR) is 304 cm³/mol.